The molecule has 0 bridgehead atoms. The smallest absolute Gasteiger partial charge is 0.175 e. The topological polar surface area (TPSA) is 46.2 Å². The van der Waals surface area contributed by atoms with Crippen LogP contribution in [0.1, 0.15) is 38.8 Å². The number of sulfone groups is 1. The minimum Gasteiger partial charge on any atom is -0.310 e. The average molecular weight is 281 g/mol. The molecular formula is C15H23NO2S. The lowest BCUT2D eigenvalue weighted by Crippen LogP contribution is -2.22. The fraction of sp³-hybridized carbons (Fsp3) is 0.600. The van der Waals surface area contributed by atoms with Gasteiger partial charge in [-0.15, -0.1) is 0 Å². The van der Waals surface area contributed by atoms with E-state index in [1.165, 1.54) is 12.7 Å². The summed E-state index contributed by atoms with van der Waals surface area (Å²) in [6.45, 7) is 7.74. The molecule has 1 N–H and O–H groups in total. The fourth-order valence-electron chi connectivity index (χ4n) is 2.37. The third-order valence-electron chi connectivity index (χ3n) is 4.20. The normalized spacial score (nSPS) is 23.1. The second kappa shape index (κ2) is 4.91. The van der Waals surface area contributed by atoms with Crippen LogP contribution < -0.4 is 5.32 Å². The highest BCUT2D eigenvalue weighted by Crippen LogP contribution is 2.51. The summed E-state index contributed by atoms with van der Waals surface area (Å²) in [6.07, 6.45) is 2.53. The summed E-state index contributed by atoms with van der Waals surface area (Å²) in [4.78, 5) is 0.381. The van der Waals surface area contributed by atoms with Crippen LogP contribution in [0.25, 0.3) is 0 Å². The monoisotopic (exact) mass is 281 g/mol. The van der Waals surface area contributed by atoms with Gasteiger partial charge in [-0.1, -0.05) is 26.0 Å². The fourth-order valence-corrected chi connectivity index (χ4v) is 3.00. The first kappa shape index (κ1) is 14.5. The van der Waals surface area contributed by atoms with Crippen molar-refractivity contribution in [2.24, 2.45) is 11.3 Å². The van der Waals surface area contributed by atoms with Gasteiger partial charge in [-0.25, -0.2) is 8.42 Å². The molecule has 0 amide bonds. The Morgan fingerprint density at radius 3 is 2.26 bits per heavy atom. The molecule has 1 fully saturated rings. The van der Waals surface area contributed by atoms with Crippen molar-refractivity contribution >= 4 is 9.84 Å². The maximum Gasteiger partial charge on any atom is 0.175 e. The quantitative estimate of drug-likeness (QED) is 0.902. The van der Waals surface area contributed by atoms with Gasteiger partial charge in [0.1, 0.15) is 0 Å². The van der Waals surface area contributed by atoms with Crippen LogP contribution in [0, 0.1) is 11.3 Å². The largest absolute Gasteiger partial charge is 0.310 e. The molecule has 106 valence electrons. The maximum absolute atomic E-state index is 11.4. The van der Waals surface area contributed by atoms with E-state index in [4.69, 9.17) is 0 Å². The minimum atomic E-state index is -3.10. The molecule has 2 atom stereocenters. The molecule has 1 saturated carbocycles. The van der Waals surface area contributed by atoms with Gasteiger partial charge in [0, 0.05) is 12.3 Å². The SMILES string of the molecule is CC(NCC1CC1(C)C)c1ccc(S(C)(=O)=O)cc1. The maximum atomic E-state index is 11.4. The zero-order chi connectivity index (χ0) is 14.3. The van der Waals surface area contributed by atoms with Crippen LogP contribution in [0.15, 0.2) is 29.2 Å². The molecule has 1 aliphatic carbocycles. The Morgan fingerprint density at radius 1 is 1.32 bits per heavy atom. The first-order valence-corrected chi connectivity index (χ1v) is 8.63. The van der Waals surface area contributed by atoms with Crippen LogP contribution in [0.5, 0.6) is 0 Å². The minimum absolute atomic E-state index is 0.255. The van der Waals surface area contributed by atoms with E-state index < -0.39 is 9.84 Å². The van der Waals surface area contributed by atoms with Gasteiger partial charge >= 0.3 is 0 Å². The van der Waals surface area contributed by atoms with Crippen molar-refractivity contribution < 1.29 is 8.42 Å². The summed E-state index contributed by atoms with van der Waals surface area (Å²) in [5.41, 5.74) is 1.62. The molecule has 3 nitrogen and oxygen atoms in total. The zero-order valence-corrected chi connectivity index (χ0v) is 12.9. The molecule has 0 radical (unpaired) electrons. The number of nitrogens with one attached hydrogen (secondary N) is 1. The van der Waals surface area contributed by atoms with Crippen molar-refractivity contribution in [3.8, 4) is 0 Å². The van der Waals surface area contributed by atoms with E-state index in [1.807, 2.05) is 12.1 Å². The van der Waals surface area contributed by atoms with E-state index >= 15 is 0 Å². The van der Waals surface area contributed by atoms with Gasteiger partial charge in [-0.3, -0.25) is 0 Å². The van der Waals surface area contributed by atoms with E-state index in [0.717, 1.165) is 18.0 Å². The molecule has 0 heterocycles. The molecule has 0 aromatic heterocycles. The molecular weight excluding hydrogens is 258 g/mol. The third-order valence-corrected chi connectivity index (χ3v) is 5.32. The molecule has 0 spiro atoms. The lowest BCUT2D eigenvalue weighted by atomic mass is 10.1. The van der Waals surface area contributed by atoms with Gasteiger partial charge in [0.25, 0.3) is 0 Å². The Bertz CT molecular complexity index is 546. The zero-order valence-electron chi connectivity index (χ0n) is 12.1. The van der Waals surface area contributed by atoms with Gasteiger partial charge in [0.2, 0.25) is 0 Å². The van der Waals surface area contributed by atoms with E-state index in [1.54, 1.807) is 12.1 Å². The van der Waals surface area contributed by atoms with E-state index in [2.05, 4.69) is 26.1 Å². The second-order valence-corrected chi connectivity index (χ2v) is 8.38. The molecule has 2 unspecified atom stereocenters. The van der Waals surface area contributed by atoms with Crippen LogP contribution in [-0.2, 0) is 9.84 Å². The Morgan fingerprint density at radius 2 is 1.84 bits per heavy atom. The highest BCUT2D eigenvalue weighted by Gasteiger charge is 2.44. The molecule has 0 saturated heterocycles. The lowest BCUT2D eigenvalue weighted by molar-refractivity contribution is 0.485. The van der Waals surface area contributed by atoms with E-state index in [-0.39, 0.29) is 6.04 Å². The van der Waals surface area contributed by atoms with Gasteiger partial charge in [-0.2, -0.15) is 0 Å². The predicted molar refractivity (Wildman–Crippen MR) is 77.9 cm³/mol. The molecule has 1 aromatic rings. The lowest BCUT2D eigenvalue weighted by Gasteiger charge is -2.15. The molecule has 4 heteroatoms. The van der Waals surface area contributed by atoms with Crippen LogP contribution >= 0.6 is 0 Å². The van der Waals surface area contributed by atoms with Crippen LogP contribution in [0.4, 0.5) is 0 Å². The number of rotatable bonds is 5. The second-order valence-electron chi connectivity index (χ2n) is 6.36. The van der Waals surface area contributed by atoms with Gasteiger partial charge in [0.05, 0.1) is 4.90 Å². The van der Waals surface area contributed by atoms with Crippen molar-refractivity contribution in [2.45, 2.75) is 38.1 Å². The number of benzene rings is 1. The summed E-state index contributed by atoms with van der Waals surface area (Å²) in [5.74, 6) is 0.769. The van der Waals surface area contributed by atoms with Crippen molar-refractivity contribution in [3.63, 3.8) is 0 Å². The Hall–Kier alpha value is -0.870. The Labute approximate surface area is 116 Å². The van der Waals surface area contributed by atoms with Crippen molar-refractivity contribution in [1.82, 2.24) is 5.32 Å². The number of hydrogen-bond acceptors (Lipinski definition) is 3. The van der Waals surface area contributed by atoms with Crippen molar-refractivity contribution in [2.75, 3.05) is 12.8 Å². The molecule has 0 aliphatic heterocycles. The summed E-state index contributed by atoms with van der Waals surface area (Å²) in [5, 5.41) is 3.53. The summed E-state index contributed by atoms with van der Waals surface area (Å²) >= 11 is 0. The van der Waals surface area contributed by atoms with Crippen LogP contribution in [0.2, 0.25) is 0 Å². The highest BCUT2D eigenvalue weighted by molar-refractivity contribution is 7.90. The standard InChI is InChI=1S/C15H23NO2S/c1-11(16-10-13-9-15(13,2)3)12-5-7-14(8-6-12)19(4,17)18/h5-8,11,13,16H,9-10H2,1-4H3. The first-order chi connectivity index (χ1) is 8.70. The average Bonchev–Trinajstić information content (AvgIpc) is 2.93. The Balaban J connectivity index is 1.94. The van der Waals surface area contributed by atoms with Gasteiger partial charge in [0.15, 0.2) is 9.84 Å². The molecule has 2 rings (SSSR count). The number of hydrogen-bond donors (Lipinski definition) is 1. The van der Waals surface area contributed by atoms with Crippen LogP contribution in [0.3, 0.4) is 0 Å². The summed E-state index contributed by atoms with van der Waals surface area (Å²) in [7, 11) is -3.10. The summed E-state index contributed by atoms with van der Waals surface area (Å²) in [6, 6.07) is 7.41. The van der Waals surface area contributed by atoms with Crippen LogP contribution in [-0.4, -0.2) is 21.2 Å². The van der Waals surface area contributed by atoms with Gasteiger partial charge in [-0.05, 0) is 48.9 Å². The Kier molecular flexibility index (Phi) is 3.76. The van der Waals surface area contributed by atoms with E-state index in [0.29, 0.717) is 10.3 Å². The van der Waals surface area contributed by atoms with E-state index in [9.17, 15) is 8.42 Å². The summed E-state index contributed by atoms with van der Waals surface area (Å²) < 4.78 is 22.8. The van der Waals surface area contributed by atoms with Gasteiger partial charge < -0.3 is 5.32 Å². The molecule has 1 aromatic carbocycles. The molecule has 19 heavy (non-hydrogen) atoms. The van der Waals surface area contributed by atoms with Crippen molar-refractivity contribution in [3.05, 3.63) is 29.8 Å². The third kappa shape index (κ3) is 3.57. The first-order valence-electron chi connectivity index (χ1n) is 6.73. The predicted octanol–water partition coefficient (Wildman–Crippen LogP) is 2.79. The highest BCUT2D eigenvalue weighted by atomic mass is 32.2. The van der Waals surface area contributed by atoms with Crippen molar-refractivity contribution in [1.29, 1.82) is 0 Å². The molecule has 1 aliphatic rings.